The van der Waals surface area contributed by atoms with Gasteiger partial charge in [-0.3, -0.25) is 0 Å². The zero-order valence-electron chi connectivity index (χ0n) is 7.70. The fraction of sp³-hybridized carbons (Fsp3) is 0.167. The lowest BCUT2D eigenvalue weighted by molar-refractivity contribution is 0.778. The molecule has 0 saturated carbocycles. The molecule has 1 nitrogen and oxygen atoms in total. The van der Waals surface area contributed by atoms with E-state index in [1.54, 1.807) is 0 Å². The molecule has 0 saturated heterocycles. The van der Waals surface area contributed by atoms with Gasteiger partial charge in [-0.25, -0.2) is 0 Å². The molecule has 0 aliphatic carbocycles. The van der Waals surface area contributed by atoms with Crippen LogP contribution in [0.1, 0.15) is 12.5 Å². The van der Waals surface area contributed by atoms with Gasteiger partial charge in [0.15, 0.2) is 0 Å². The predicted molar refractivity (Wildman–Crippen MR) is 56.2 cm³/mol. The molecule has 1 unspecified atom stereocenters. The Balaban J connectivity index is 2.28. The highest BCUT2D eigenvalue weighted by molar-refractivity contribution is 5.66. The monoisotopic (exact) mass is 171 g/mol. The highest BCUT2D eigenvalue weighted by Gasteiger charge is 2.05. The average molecular weight is 171 g/mol. The van der Waals surface area contributed by atoms with Gasteiger partial charge in [0.05, 0.1) is 0 Å². The Kier molecular flexibility index (Phi) is 2.17. The zero-order chi connectivity index (χ0) is 9.10. The number of dihydropyridines is 1. The summed E-state index contributed by atoms with van der Waals surface area (Å²) in [5, 5.41) is 3.41. The SMILES string of the molecule is CC1C=CC=C(c2ccccc2)N1. The molecule has 13 heavy (non-hydrogen) atoms. The van der Waals surface area contributed by atoms with Crippen LogP contribution >= 0.6 is 0 Å². The molecule has 0 aromatic heterocycles. The second kappa shape index (κ2) is 3.48. The normalized spacial score (nSPS) is 20.7. The Bertz CT molecular complexity index is 335. The Morgan fingerprint density at radius 3 is 2.62 bits per heavy atom. The van der Waals surface area contributed by atoms with Crippen LogP contribution in [0.2, 0.25) is 0 Å². The Hall–Kier alpha value is -1.50. The molecule has 66 valence electrons. The van der Waals surface area contributed by atoms with Crippen molar-refractivity contribution in [3.05, 3.63) is 54.1 Å². The van der Waals surface area contributed by atoms with Crippen molar-refractivity contribution in [2.75, 3.05) is 0 Å². The standard InChI is InChI=1S/C12H13N/c1-10-6-5-9-12(13-10)11-7-3-2-4-8-11/h2-10,13H,1H3. The highest BCUT2D eigenvalue weighted by atomic mass is 14.9. The molecule has 2 rings (SSSR count). The van der Waals surface area contributed by atoms with Gasteiger partial charge in [-0.05, 0) is 18.6 Å². The highest BCUT2D eigenvalue weighted by Crippen LogP contribution is 2.14. The summed E-state index contributed by atoms with van der Waals surface area (Å²) in [6, 6.07) is 10.8. The summed E-state index contributed by atoms with van der Waals surface area (Å²) in [7, 11) is 0. The lowest BCUT2D eigenvalue weighted by Gasteiger charge is -2.18. The molecule has 0 fully saturated rings. The first-order valence-electron chi connectivity index (χ1n) is 4.57. The molecule has 1 aliphatic rings. The van der Waals surface area contributed by atoms with E-state index in [-0.39, 0.29) is 0 Å². The maximum Gasteiger partial charge on any atom is 0.0419 e. The molecule has 0 radical (unpaired) electrons. The van der Waals surface area contributed by atoms with Crippen molar-refractivity contribution in [2.24, 2.45) is 0 Å². The lowest BCUT2D eigenvalue weighted by Crippen LogP contribution is -2.24. The van der Waals surface area contributed by atoms with Gasteiger partial charge < -0.3 is 5.32 Å². The Morgan fingerprint density at radius 1 is 1.15 bits per heavy atom. The Morgan fingerprint density at radius 2 is 1.92 bits per heavy atom. The van der Waals surface area contributed by atoms with E-state index in [2.05, 4.69) is 54.7 Å². The van der Waals surface area contributed by atoms with Gasteiger partial charge >= 0.3 is 0 Å². The van der Waals surface area contributed by atoms with E-state index in [1.807, 2.05) is 6.07 Å². The quantitative estimate of drug-likeness (QED) is 0.684. The van der Waals surface area contributed by atoms with Gasteiger partial charge in [-0.15, -0.1) is 0 Å². The molecular weight excluding hydrogens is 158 g/mol. The number of hydrogen-bond acceptors (Lipinski definition) is 1. The van der Waals surface area contributed by atoms with E-state index in [9.17, 15) is 0 Å². The van der Waals surface area contributed by atoms with Crippen LogP contribution in [-0.4, -0.2) is 6.04 Å². The summed E-state index contributed by atoms with van der Waals surface area (Å²) >= 11 is 0. The number of rotatable bonds is 1. The minimum Gasteiger partial charge on any atom is -0.379 e. The van der Waals surface area contributed by atoms with Crippen LogP contribution in [0.3, 0.4) is 0 Å². The van der Waals surface area contributed by atoms with Crippen LogP contribution in [0.15, 0.2) is 48.6 Å². The molecule has 1 heterocycles. The van der Waals surface area contributed by atoms with Crippen LogP contribution in [0.5, 0.6) is 0 Å². The maximum atomic E-state index is 3.41. The molecule has 1 N–H and O–H groups in total. The summed E-state index contributed by atoms with van der Waals surface area (Å²) in [5.74, 6) is 0. The molecule has 0 amide bonds. The average Bonchev–Trinajstić information content (AvgIpc) is 2.19. The fourth-order valence-electron chi connectivity index (χ4n) is 1.46. The van der Waals surface area contributed by atoms with E-state index in [1.165, 1.54) is 11.3 Å². The van der Waals surface area contributed by atoms with E-state index in [4.69, 9.17) is 0 Å². The van der Waals surface area contributed by atoms with Gasteiger partial charge in [-0.1, -0.05) is 42.5 Å². The van der Waals surface area contributed by atoms with Crippen LogP contribution in [0, 0.1) is 0 Å². The third-order valence-corrected chi connectivity index (χ3v) is 2.13. The van der Waals surface area contributed by atoms with Gasteiger partial charge in [0.2, 0.25) is 0 Å². The Labute approximate surface area is 78.8 Å². The van der Waals surface area contributed by atoms with Gasteiger partial charge in [-0.2, -0.15) is 0 Å². The molecule has 1 atom stereocenters. The molecule has 0 bridgehead atoms. The number of allylic oxidation sites excluding steroid dienone is 2. The maximum absolute atomic E-state index is 3.41. The van der Waals surface area contributed by atoms with Crippen molar-refractivity contribution < 1.29 is 0 Å². The van der Waals surface area contributed by atoms with Gasteiger partial charge in [0.1, 0.15) is 0 Å². The van der Waals surface area contributed by atoms with Crippen molar-refractivity contribution >= 4 is 5.70 Å². The number of nitrogens with one attached hydrogen (secondary N) is 1. The van der Waals surface area contributed by atoms with Crippen LogP contribution in [0.25, 0.3) is 5.70 Å². The van der Waals surface area contributed by atoms with Crippen LogP contribution in [0.4, 0.5) is 0 Å². The third-order valence-electron chi connectivity index (χ3n) is 2.13. The van der Waals surface area contributed by atoms with Crippen molar-refractivity contribution in [3.8, 4) is 0 Å². The molecule has 0 spiro atoms. The molecule has 1 aromatic carbocycles. The smallest absolute Gasteiger partial charge is 0.0419 e. The second-order valence-electron chi connectivity index (χ2n) is 3.26. The van der Waals surface area contributed by atoms with Gasteiger partial charge in [0.25, 0.3) is 0 Å². The first kappa shape index (κ1) is 8.11. The first-order valence-corrected chi connectivity index (χ1v) is 4.57. The minimum absolute atomic E-state index is 0.431. The van der Waals surface area contributed by atoms with E-state index >= 15 is 0 Å². The van der Waals surface area contributed by atoms with Crippen LogP contribution in [-0.2, 0) is 0 Å². The van der Waals surface area contributed by atoms with E-state index in [0.717, 1.165) is 0 Å². The summed E-state index contributed by atoms with van der Waals surface area (Å²) in [6.07, 6.45) is 6.35. The van der Waals surface area contributed by atoms with Crippen molar-refractivity contribution in [3.63, 3.8) is 0 Å². The zero-order valence-corrected chi connectivity index (χ0v) is 7.70. The predicted octanol–water partition coefficient (Wildman–Crippen LogP) is 2.58. The lowest BCUT2D eigenvalue weighted by atomic mass is 10.1. The fourth-order valence-corrected chi connectivity index (χ4v) is 1.46. The molecular formula is C12H13N. The molecule has 1 aromatic rings. The largest absolute Gasteiger partial charge is 0.379 e. The number of hydrogen-bond donors (Lipinski definition) is 1. The molecule has 1 heteroatoms. The summed E-state index contributed by atoms with van der Waals surface area (Å²) in [5.41, 5.74) is 2.45. The first-order chi connectivity index (χ1) is 6.36. The van der Waals surface area contributed by atoms with Crippen molar-refractivity contribution in [2.45, 2.75) is 13.0 Å². The van der Waals surface area contributed by atoms with E-state index in [0.29, 0.717) is 6.04 Å². The second-order valence-corrected chi connectivity index (χ2v) is 3.26. The summed E-state index contributed by atoms with van der Waals surface area (Å²) in [4.78, 5) is 0. The van der Waals surface area contributed by atoms with Crippen molar-refractivity contribution in [1.29, 1.82) is 0 Å². The molecule has 1 aliphatic heterocycles. The van der Waals surface area contributed by atoms with E-state index < -0.39 is 0 Å². The minimum atomic E-state index is 0.431. The van der Waals surface area contributed by atoms with Crippen molar-refractivity contribution in [1.82, 2.24) is 5.32 Å². The number of benzene rings is 1. The summed E-state index contributed by atoms with van der Waals surface area (Å²) in [6.45, 7) is 2.15. The summed E-state index contributed by atoms with van der Waals surface area (Å²) < 4.78 is 0. The van der Waals surface area contributed by atoms with Crippen LogP contribution < -0.4 is 5.32 Å². The van der Waals surface area contributed by atoms with Gasteiger partial charge in [0, 0.05) is 11.7 Å². The third kappa shape index (κ3) is 1.81. The topological polar surface area (TPSA) is 12.0 Å².